The average molecular weight is 200 g/mol. The van der Waals surface area contributed by atoms with E-state index in [9.17, 15) is 9.36 Å². The number of carbonyl (C=O) groups is 1. The second-order valence-electron chi connectivity index (χ2n) is 1.94. The standard InChI is InChI=1S/C4H9O7P/c5-1-3(7)4(2-6)11-12(8,9)10/h1,3-4,6-7H,2H2,(H2,8,9,10)/t3-,4-/m1/s1. The molecule has 12 heavy (non-hydrogen) atoms. The van der Waals surface area contributed by atoms with Crippen molar-refractivity contribution < 1.29 is 33.9 Å². The van der Waals surface area contributed by atoms with E-state index in [-0.39, 0.29) is 6.29 Å². The maximum absolute atomic E-state index is 10.2. The van der Waals surface area contributed by atoms with Crippen LogP contribution in [-0.2, 0) is 13.9 Å². The number of rotatable bonds is 5. The Balaban J connectivity index is 4.18. The second kappa shape index (κ2) is 4.66. The number of carbonyl (C=O) groups excluding carboxylic acids is 1. The lowest BCUT2D eigenvalue weighted by atomic mass is 10.2. The van der Waals surface area contributed by atoms with Crippen molar-refractivity contribution in [3.05, 3.63) is 0 Å². The van der Waals surface area contributed by atoms with E-state index in [0.29, 0.717) is 0 Å². The van der Waals surface area contributed by atoms with Crippen molar-refractivity contribution in [2.75, 3.05) is 6.61 Å². The van der Waals surface area contributed by atoms with Gasteiger partial charge in [-0.15, -0.1) is 0 Å². The topological polar surface area (TPSA) is 124 Å². The Morgan fingerprint density at radius 3 is 2.25 bits per heavy atom. The lowest BCUT2D eigenvalue weighted by Gasteiger charge is -2.16. The van der Waals surface area contributed by atoms with Crippen LogP contribution in [0.25, 0.3) is 0 Å². The Bertz CT molecular complexity index is 186. The second-order valence-corrected chi connectivity index (χ2v) is 3.14. The van der Waals surface area contributed by atoms with Gasteiger partial charge < -0.3 is 24.8 Å². The summed E-state index contributed by atoms with van der Waals surface area (Å²) >= 11 is 0. The molecule has 7 nitrogen and oxygen atoms in total. The summed E-state index contributed by atoms with van der Waals surface area (Å²) in [4.78, 5) is 26.3. The minimum Gasteiger partial charge on any atom is -0.394 e. The van der Waals surface area contributed by atoms with E-state index >= 15 is 0 Å². The molecule has 0 saturated carbocycles. The van der Waals surface area contributed by atoms with Crippen LogP contribution in [0.5, 0.6) is 0 Å². The zero-order chi connectivity index (χ0) is 9.78. The van der Waals surface area contributed by atoms with Gasteiger partial charge in [-0.2, -0.15) is 0 Å². The molecular formula is C4H9O7P. The van der Waals surface area contributed by atoms with Crippen LogP contribution in [0, 0.1) is 0 Å². The smallest absolute Gasteiger partial charge is 0.394 e. The third-order valence-electron chi connectivity index (χ3n) is 0.973. The van der Waals surface area contributed by atoms with Crippen molar-refractivity contribution in [2.24, 2.45) is 0 Å². The molecule has 8 heteroatoms. The van der Waals surface area contributed by atoms with Crippen molar-refractivity contribution in [1.82, 2.24) is 0 Å². The quantitative estimate of drug-likeness (QED) is 0.299. The molecule has 0 heterocycles. The molecule has 0 aliphatic heterocycles. The maximum Gasteiger partial charge on any atom is 0.470 e. The highest BCUT2D eigenvalue weighted by molar-refractivity contribution is 7.46. The molecule has 0 aliphatic rings. The first-order valence-electron chi connectivity index (χ1n) is 2.89. The minimum absolute atomic E-state index is 0.0105. The van der Waals surface area contributed by atoms with E-state index < -0.39 is 26.6 Å². The van der Waals surface area contributed by atoms with Gasteiger partial charge in [0.2, 0.25) is 0 Å². The zero-order valence-electron chi connectivity index (χ0n) is 5.90. The van der Waals surface area contributed by atoms with Gasteiger partial charge in [0.1, 0.15) is 12.2 Å². The highest BCUT2D eigenvalue weighted by Crippen LogP contribution is 2.37. The summed E-state index contributed by atoms with van der Waals surface area (Å²) in [6, 6.07) is 0. The number of aliphatic hydroxyl groups is 2. The Kier molecular flexibility index (Phi) is 4.54. The molecule has 0 spiro atoms. The fourth-order valence-electron chi connectivity index (χ4n) is 0.468. The number of phosphoric acid groups is 1. The largest absolute Gasteiger partial charge is 0.470 e. The van der Waals surface area contributed by atoms with E-state index in [1.807, 2.05) is 0 Å². The molecule has 0 bridgehead atoms. The molecule has 0 unspecified atom stereocenters. The van der Waals surface area contributed by atoms with Crippen LogP contribution in [0.1, 0.15) is 0 Å². The summed E-state index contributed by atoms with van der Waals surface area (Å²) in [6.07, 6.45) is -3.33. The van der Waals surface area contributed by atoms with Gasteiger partial charge in [0.25, 0.3) is 0 Å². The first kappa shape index (κ1) is 11.7. The molecule has 0 aromatic carbocycles. The summed E-state index contributed by atoms with van der Waals surface area (Å²) in [5.74, 6) is 0. The lowest BCUT2D eigenvalue weighted by molar-refractivity contribution is -0.121. The van der Waals surface area contributed by atoms with Gasteiger partial charge in [0, 0.05) is 0 Å². The summed E-state index contributed by atoms with van der Waals surface area (Å²) in [5.41, 5.74) is 0. The van der Waals surface area contributed by atoms with Gasteiger partial charge in [0.05, 0.1) is 6.61 Å². The van der Waals surface area contributed by atoms with Crippen molar-refractivity contribution in [3.63, 3.8) is 0 Å². The van der Waals surface area contributed by atoms with Gasteiger partial charge in [-0.3, -0.25) is 4.52 Å². The summed E-state index contributed by atoms with van der Waals surface area (Å²) in [7, 11) is -4.78. The molecule has 0 saturated heterocycles. The Labute approximate surface area is 67.8 Å². The van der Waals surface area contributed by atoms with Crippen LogP contribution in [-0.4, -0.2) is 45.1 Å². The van der Waals surface area contributed by atoms with Gasteiger partial charge in [0.15, 0.2) is 6.29 Å². The summed E-state index contributed by atoms with van der Waals surface area (Å²) < 4.78 is 14.0. The van der Waals surface area contributed by atoms with Gasteiger partial charge in [-0.1, -0.05) is 0 Å². The molecule has 0 amide bonds. The van der Waals surface area contributed by atoms with Crippen LogP contribution >= 0.6 is 7.82 Å². The molecule has 2 atom stereocenters. The predicted octanol–water partition coefficient (Wildman–Crippen LogP) is -1.98. The van der Waals surface area contributed by atoms with E-state index in [2.05, 4.69) is 4.52 Å². The zero-order valence-corrected chi connectivity index (χ0v) is 6.79. The average Bonchev–Trinajstić information content (AvgIpc) is 1.97. The van der Waals surface area contributed by atoms with Crippen molar-refractivity contribution in [3.8, 4) is 0 Å². The number of hydrogen-bond donors (Lipinski definition) is 4. The number of aliphatic hydroxyl groups excluding tert-OH is 2. The molecule has 4 N–H and O–H groups in total. The van der Waals surface area contributed by atoms with E-state index in [1.165, 1.54) is 0 Å². The Morgan fingerprint density at radius 1 is 1.50 bits per heavy atom. The molecule has 72 valence electrons. The van der Waals surface area contributed by atoms with E-state index in [1.54, 1.807) is 0 Å². The normalized spacial score (nSPS) is 17.0. The van der Waals surface area contributed by atoms with Gasteiger partial charge >= 0.3 is 7.82 Å². The van der Waals surface area contributed by atoms with Crippen LogP contribution in [0.4, 0.5) is 0 Å². The van der Waals surface area contributed by atoms with Crippen LogP contribution in [0.15, 0.2) is 0 Å². The third kappa shape index (κ3) is 4.55. The number of aldehydes is 1. The number of hydrogen-bond acceptors (Lipinski definition) is 5. The molecule has 0 fully saturated rings. The first-order chi connectivity index (χ1) is 5.40. The van der Waals surface area contributed by atoms with Crippen molar-refractivity contribution >= 4 is 14.1 Å². The van der Waals surface area contributed by atoms with Crippen LogP contribution in [0.3, 0.4) is 0 Å². The van der Waals surface area contributed by atoms with Crippen LogP contribution in [0.2, 0.25) is 0 Å². The fraction of sp³-hybridized carbons (Fsp3) is 0.750. The summed E-state index contributed by atoms with van der Waals surface area (Å²) in [6.45, 7) is -0.856. The van der Waals surface area contributed by atoms with Crippen LogP contribution < -0.4 is 0 Å². The van der Waals surface area contributed by atoms with E-state index in [0.717, 1.165) is 0 Å². The van der Waals surface area contributed by atoms with Gasteiger partial charge in [-0.25, -0.2) is 4.57 Å². The molecule has 0 aromatic heterocycles. The Hall–Kier alpha value is -0.300. The molecule has 0 aliphatic carbocycles. The Morgan fingerprint density at radius 2 is 2.00 bits per heavy atom. The summed E-state index contributed by atoms with van der Waals surface area (Å²) in [5, 5.41) is 17.1. The van der Waals surface area contributed by atoms with Gasteiger partial charge in [-0.05, 0) is 0 Å². The maximum atomic E-state index is 10.2. The minimum atomic E-state index is -4.78. The molecular weight excluding hydrogens is 191 g/mol. The number of phosphoric ester groups is 1. The predicted molar refractivity (Wildman–Crippen MR) is 36.1 cm³/mol. The van der Waals surface area contributed by atoms with Crippen molar-refractivity contribution in [1.29, 1.82) is 0 Å². The SMILES string of the molecule is O=C[C@@H](O)[C@@H](CO)OP(=O)(O)O. The highest BCUT2D eigenvalue weighted by Gasteiger charge is 2.27. The third-order valence-corrected chi connectivity index (χ3v) is 1.52. The lowest BCUT2D eigenvalue weighted by Crippen LogP contribution is -2.32. The first-order valence-corrected chi connectivity index (χ1v) is 4.42. The molecule has 0 rings (SSSR count). The fourth-order valence-corrected chi connectivity index (χ4v) is 1.01. The molecule has 0 radical (unpaired) electrons. The van der Waals surface area contributed by atoms with E-state index in [4.69, 9.17) is 20.0 Å². The molecule has 0 aromatic rings. The van der Waals surface area contributed by atoms with Crippen molar-refractivity contribution in [2.45, 2.75) is 12.2 Å². The highest BCUT2D eigenvalue weighted by atomic mass is 31.2. The monoisotopic (exact) mass is 200 g/mol.